The molecule has 0 N–H and O–H groups in total. The number of amides is 2. The second-order valence-electron chi connectivity index (χ2n) is 7.83. The van der Waals surface area contributed by atoms with Crippen molar-refractivity contribution in [1.29, 1.82) is 0 Å². The second kappa shape index (κ2) is 7.36. The summed E-state index contributed by atoms with van der Waals surface area (Å²) >= 11 is 6.11. The SMILES string of the molecule is O=C1[C@@H]2[C@H](C(=O)N1N=Cc1cc(Cl)ccc1OCc1cccc(F)c1)[C@H]1C=C[C@H]2C1. The van der Waals surface area contributed by atoms with Crippen LogP contribution in [0.2, 0.25) is 5.02 Å². The summed E-state index contributed by atoms with van der Waals surface area (Å²) in [7, 11) is 0. The number of fused-ring (bicyclic) bond motifs is 5. The molecule has 1 heterocycles. The first kappa shape index (κ1) is 19.0. The largest absolute Gasteiger partial charge is 0.488 e. The second-order valence-corrected chi connectivity index (χ2v) is 8.27. The monoisotopic (exact) mass is 424 g/mol. The molecule has 152 valence electrons. The molecule has 5 nitrogen and oxygen atoms in total. The maximum atomic E-state index is 13.4. The quantitative estimate of drug-likeness (QED) is 0.410. The Morgan fingerprint density at radius 1 is 1.10 bits per heavy atom. The van der Waals surface area contributed by atoms with E-state index in [0.717, 1.165) is 11.4 Å². The molecular weight excluding hydrogens is 407 g/mol. The standard InChI is InChI=1S/C23H18ClFN2O3/c24-17-6-7-19(30-12-13-2-1-3-18(25)8-13)16(10-17)11-26-27-22(28)20-14-4-5-15(9-14)21(20)23(27)29/h1-8,10-11,14-15,20-21H,9,12H2/t14-,15-,20-,21+/m0/s1. The van der Waals surface area contributed by atoms with Gasteiger partial charge in [0.1, 0.15) is 18.2 Å². The molecular formula is C23H18ClFN2O3. The first-order valence-electron chi connectivity index (χ1n) is 9.78. The average molecular weight is 425 g/mol. The molecule has 1 saturated carbocycles. The lowest BCUT2D eigenvalue weighted by Crippen LogP contribution is -2.28. The van der Waals surface area contributed by atoms with Crippen molar-refractivity contribution in [2.75, 3.05) is 0 Å². The molecule has 0 unspecified atom stereocenters. The van der Waals surface area contributed by atoms with E-state index in [1.807, 2.05) is 12.2 Å². The molecule has 2 amide bonds. The highest BCUT2D eigenvalue weighted by molar-refractivity contribution is 6.31. The van der Waals surface area contributed by atoms with Gasteiger partial charge in [-0.1, -0.05) is 35.9 Å². The van der Waals surface area contributed by atoms with Crippen molar-refractivity contribution in [2.45, 2.75) is 13.0 Å². The molecule has 3 aliphatic rings. The van der Waals surface area contributed by atoms with Crippen LogP contribution in [0.15, 0.2) is 59.7 Å². The van der Waals surface area contributed by atoms with Crippen LogP contribution in [-0.2, 0) is 16.2 Å². The number of carbonyl (C=O) groups is 2. The Morgan fingerprint density at radius 3 is 2.53 bits per heavy atom. The van der Waals surface area contributed by atoms with Crippen molar-refractivity contribution < 1.29 is 18.7 Å². The van der Waals surface area contributed by atoms with Crippen molar-refractivity contribution in [3.05, 3.63) is 76.6 Å². The van der Waals surface area contributed by atoms with E-state index in [1.54, 1.807) is 30.3 Å². The molecule has 30 heavy (non-hydrogen) atoms. The highest BCUT2D eigenvalue weighted by Crippen LogP contribution is 2.52. The molecule has 2 aromatic rings. The number of rotatable bonds is 5. The van der Waals surface area contributed by atoms with Gasteiger partial charge in [0.05, 0.1) is 18.1 Å². The van der Waals surface area contributed by atoms with Gasteiger partial charge in [-0.25, -0.2) is 4.39 Å². The molecule has 5 rings (SSSR count). The van der Waals surface area contributed by atoms with Gasteiger partial charge in [0.25, 0.3) is 11.8 Å². The van der Waals surface area contributed by atoms with Gasteiger partial charge in [0, 0.05) is 10.6 Å². The third kappa shape index (κ3) is 3.21. The maximum Gasteiger partial charge on any atom is 0.254 e. The minimum atomic E-state index is -0.339. The van der Waals surface area contributed by atoms with E-state index < -0.39 is 0 Å². The number of hydrogen-bond acceptors (Lipinski definition) is 4. The third-order valence-electron chi connectivity index (χ3n) is 6.01. The van der Waals surface area contributed by atoms with Crippen LogP contribution in [0.3, 0.4) is 0 Å². The van der Waals surface area contributed by atoms with Gasteiger partial charge in [0.2, 0.25) is 0 Å². The zero-order valence-electron chi connectivity index (χ0n) is 15.9. The minimum Gasteiger partial charge on any atom is -0.488 e. The Morgan fingerprint density at radius 2 is 1.83 bits per heavy atom. The van der Waals surface area contributed by atoms with Gasteiger partial charge in [-0.05, 0) is 54.2 Å². The highest BCUT2D eigenvalue weighted by Gasteiger charge is 2.59. The zero-order chi connectivity index (χ0) is 20.8. The number of carbonyl (C=O) groups excluding carboxylic acids is 2. The summed E-state index contributed by atoms with van der Waals surface area (Å²) in [6, 6.07) is 11.1. The van der Waals surface area contributed by atoms with Gasteiger partial charge in [-0.15, -0.1) is 0 Å². The lowest BCUT2D eigenvalue weighted by molar-refractivity contribution is -0.140. The van der Waals surface area contributed by atoms with Crippen molar-refractivity contribution in [1.82, 2.24) is 5.01 Å². The maximum absolute atomic E-state index is 13.4. The van der Waals surface area contributed by atoms with E-state index in [0.29, 0.717) is 21.9 Å². The van der Waals surface area contributed by atoms with Crippen molar-refractivity contribution in [2.24, 2.45) is 28.8 Å². The fourth-order valence-electron chi connectivity index (χ4n) is 4.66. The summed E-state index contributed by atoms with van der Waals surface area (Å²) < 4.78 is 19.2. The van der Waals surface area contributed by atoms with Gasteiger partial charge >= 0.3 is 0 Å². The topological polar surface area (TPSA) is 59.0 Å². The summed E-state index contributed by atoms with van der Waals surface area (Å²) in [5, 5.41) is 5.64. The number of imide groups is 1. The van der Waals surface area contributed by atoms with E-state index in [4.69, 9.17) is 16.3 Å². The molecule has 1 aliphatic heterocycles. The molecule has 0 aromatic heterocycles. The molecule has 1 saturated heterocycles. The number of benzene rings is 2. The van der Waals surface area contributed by atoms with E-state index >= 15 is 0 Å². The van der Waals surface area contributed by atoms with Crippen molar-refractivity contribution >= 4 is 29.6 Å². The Balaban J connectivity index is 1.36. The van der Waals surface area contributed by atoms with Crippen LogP contribution in [0, 0.1) is 29.5 Å². The van der Waals surface area contributed by atoms with Gasteiger partial charge < -0.3 is 4.74 Å². The van der Waals surface area contributed by atoms with E-state index in [1.165, 1.54) is 18.3 Å². The Labute approximate surface area is 177 Å². The number of allylic oxidation sites excluding steroid dienone is 2. The highest BCUT2D eigenvalue weighted by atomic mass is 35.5. The normalized spacial score (nSPS) is 26.8. The van der Waals surface area contributed by atoms with E-state index in [9.17, 15) is 14.0 Å². The smallest absolute Gasteiger partial charge is 0.254 e. The predicted octanol–water partition coefficient (Wildman–Crippen LogP) is 4.20. The van der Waals surface area contributed by atoms with Crippen LogP contribution in [0.1, 0.15) is 17.5 Å². The number of ether oxygens (including phenoxy) is 1. The van der Waals surface area contributed by atoms with Crippen LogP contribution in [0.4, 0.5) is 4.39 Å². The van der Waals surface area contributed by atoms with Crippen molar-refractivity contribution in [3.63, 3.8) is 0 Å². The molecule has 0 radical (unpaired) electrons. The number of hydrazone groups is 1. The van der Waals surface area contributed by atoms with Crippen LogP contribution in [0.5, 0.6) is 5.75 Å². The zero-order valence-corrected chi connectivity index (χ0v) is 16.6. The molecule has 2 bridgehead atoms. The molecule has 2 fully saturated rings. The third-order valence-corrected chi connectivity index (χ3v) is 6.25. The minimum absolute atomic E-state index is 0.132. The first-order valence-corrected chi connectivity index (χ1v) is 10.2. The fraction of sp³-hybridized carbons (Fsp3) is 0.261. The van der Waals surface area contributed by atoms with E-state index in [-0.39, 0.29) is 47.9 Å². The number of halogens is 2. The van der Waals surface area contributed by atoms with Crippen LogP contribution in [0.25, 0.3) is 0 Å². The Bertz CT molecular complexity index is 1070. The number of hydrogen-bond donors (Lipinski definition) is 0. The summed E-state index contributed by atoms with van der Waals surface area (Å²) in [4.78, 5) is 25.5. The van der Waals surface area contributed by atoms with Crippen LogP contribution >= 0.6 is 11.6 Å². The fourth-order valence-corrected chi connectivity index (χ4v) is 4.84. The van der Waals surface area contributed by atoms with Crippen LogP contribution < -0.4 is 4.74 Å². The van der Waals surface area contributed by atoms with E-state index in [2.05, 4.69) is 5.10 Å². The van der Waals surface area contributed by atoms with Crippen LogP contribution in [-0.4, -0.2) is 23.0 Å². The predicted molar refractivity (Wildman–Crippen MR) is 109 cm³/mol. The summed E-state index contributed by atoms with van der Waals surface area (Å²) in [5.74, 6) is -0.700. The molecule has 2 aliphatic carbocycles. The lowest BCUT2D eigenvalue weighted by Gasteiger charge is -2.13. The molecule has 7 heteroatoms. The van der Waals surface area contributed by atoms with Gasteiger partial charge in [0.15, 0.2) is 0 Å². The average Bonchev–Trinajstić information content (AvgIpc) is 3.40. The molecule has 0 spiro atoms. The summed E-state index contributed by atoms with van der Waals surface area (Å²) in [6.07, 6.45) is 6.37. The molecule has 4 atom stereocenters. The van der Waals surface area contributed by atoms with Crippen molar-refractivity contribution in [3.8, 4) is 5.75 Å². The Hall–Kier alpha value is -2.99. The summed E-state index contributed by atoms with van der Waals surface area (Å²) in [5.41, 5.74) is 1.20. The van der Waals surface area contributed by atoms with Gasteiger partial charge in [-0.3, -0.25) is 9.59 Å². The first-order chi connectivity index (χ1) is 14.5. The number of nitrogens with zero attached hydrogens (tertiary/aromatic N) is 2. The molecule has 2 aromatic carbocycles. The lowest BCUT2D eigenvalue weighted by atomic mass is 9.85. The Kier molecular flexibility index (Phi) is 4.66. The summed E-state index contributed by atoms with van der Waals surface area (Å²) in [6.45, 7) is 0.154. The van der Waals surface area contributed by atoms with Gasteiger partial charge in [-0.2, -0.15) is 10.1 Å².